The second-order valence-electron chi connectivity index (χ2n) is 4.62. The summed E-state index contributed by atoms with van der Waals surface area (Å²) < 4.78 is 0. The molecule has 0 amide bonds. The number of rotatable bonds is 4. The molecule has 4 nitrogen and oxygen atoms in total. The first-order chi connectivity index (χ1) is 8.31. The number of aromatic nitrogens is 1. The number of hydrogen-bond acceptors (Lipinski definition) is 4. The summed E-state index contributed by atoms with van der Waals surface area (Å²) in [7, 11) is 2.01. The summed E-state index contributed by atoms with van der Waals surface area (Å²) >= 11 is 0. The van der Waals surface area contributed by atoms with Gasteiger partial charge in [0.2, 0.25) is 0 Å². The standard InChI is InChI=1S/C13H22N4/c1-12(11-14-2)16-7-9-17(10-8-16)13-5-3-4-6-15-13/h3-6,12,14H,7-11H2,1-2H3. The molecule has 1 aromatic heterocycles. The molecule has 0 aliphatic carbocycles. The van der Waals surface area contributed by atoms with Gasteiger partial charge < -0.3 is 10.2 Å². The predicted octanol–water partition coefficient (Wildman–Crippen LogP) is 0.811. The summed E-state index contributed by atoms with van der Waals surface area (Å²) in [5.41, 5.74) is 0. The zero-order chi connectivity index (χ0) is 12.1. The van der Waals surface area contributed by atoms with Crippen LogP contribution in [-0.2, 0) is 0 Å². The van der Waals surface area contributed by atoms with Gasteiger partial charge in [-0.25, -0.2) is 4.98 Å². The van der Waals surface area contributed by atoms with Gasteiger partial charge in [-0.1, -0.05) is 6.07 Å². The second-order valence-corrected chi connectivity index (χ2v) is 4.62. The van der Waals surface area contributed by atoms with Crippen molar-refractivity contribution < 1.29 is 0 Å². The Balaban J connectivity index is 1.86. The van der Waals surface area contributed by atoms with E-state index in [-0.39, 0.29) is 0 Å². The van der Waals surface area contributed by atoms with E-state index in [4.69, 9.17) is 0 Å². The zero-order valence-corrected chi connectivity index (χ0v) is 10.8. The van der Waals surface area contributed by atoms with Crippen LogP contribution in [0.1, 0.15) is 6.92 Å². The Morgan fingerprint density at radius 1 is 1.29 bits per heavy atom. The van der Waals surface area contributed by atoms with Gasteiger partial charge in [0.15, 0.2) is 0 Å². The average Bonchev–Trinajstić information content (AvgIpc) is 2.40. The molecule has 2 rings (SSSR count). The Labute approximate surface area is 104 Å². The topological polar surface area (TPSA) is 31.4 Å². The van der Waals surface area contributed by atoms with Crippen molar-refractivity contribution in [3.05, 3.63) is 24.4 Å². The van der Waals surface area contributed by atoms with Gasteiger partial charge in [0.05, 0.1) is 0 Å². The third-order valence-corrected chi connectivity index (χ3v) is 3.41. The number of nitrogens with one attached hydrogen (secondary N) is 1. The minimum atomic E-state index is 0.617. The summed E-state index contributed by atoms with van der Waals surface area (Å²) in [6, 6.07) is 6.73. The first-order valence-corrected chi connectivity index (χ1v) is 6.36. The molecule has 1 aliphatic heterocycles. The fourth-order valence-corrected chi connectivity index (χ4v) is 2.36. The van der Waals surface area contributed by atoms with Crippen molar-refractivity contribution in [3.8, 4) is 0 Å². The maximum atomic E-state index is 4.40. The smallest absolute Gasteiger partial charge is 0.128 e. The lowest BCUT2D eigenvalue weighted by Crippen LogP contribution is -2.51. The lowest BCUT2D eigenvalue weighted by molar-refractivity contribution is 0.195. The number of anilines is 1. The molecule has 94 valence electrons. The molecular weight excluding hydrogens is 212 g/mol. The van der Waals surface area contributed by atoms with Crippen molar-refractivity contribution >= 4 is 5.82 Å². The van der Waals surface area contributed by atoms with E-state index in [0.717, 1.165) is 38.5 Å². The minimum absolute atomic E-state index is 0.617. The van der Waals surface area contributed by atoms with Crippen LogP contribution in [0.5, 0.6) is 0 Å². The SMILES string of the molecule is CNCC(C)N1CCN(c2ccccn2)CC1. The Hall–Kier alpha value is -1.13. The summed E-state index contributed by atoms with van der Waals surface area (Å²) in [5, 5.41) is 3.24. The monoisotopic (exact) mass is 234 g/mol. The van der Waals surface area contributed by atoms with Gasteiger partial charge in [0, 0.05) is 45.0 Å². The van der Waals surface area contributed by atoms with Crippen molar-refractivity contribution in [2.24, 2.45) is 0 Å². The van der Waals surface area contributed by atoms with Gasteiger partial charge in [0.25, 0.3) is 0 Å². The molecule has 1 aliphatic rings. The van der Waals surface area contributed by atoms with Crippen molar-refractivity contribution in [1.82, 2.24) is 15.2 Å². The predicted molar refractivity (Wildman–Crippen MR) is 71.4 cm³/mol. The molecule has 1 atom stereocenters. The van der Waals surface area contributed by atoms with Crippen LogP contribution in [0.15, 0.2) is 24.4 Å². The Kier molecular flexibility index (Phi) is 4.34. The molecule has 0 aromatic carbocycles. The third-order valence-electron chi connectivity index (χ3n) is 3.41. The quantitative estimate of drug-likeness (QED) is 0.835. The van der Waals surface area contributed by atoms with Gasteiger partial charge in [-0.05, 0) is 26.1 Å². The molecule has 0 saturated carbocycles. The van der Waals surface area contributed by atoms with Crippen LogP contribution in [0, 0.1) is 0 Å². The largest absolute Gasteiger partial charge is 0.354 e. The van der Waals surface area contributed by atoms with Crippen LogP contribution in [-0.4, -0.2) is 55.7 Å². The van der Waals surface area contributed by atoms with Crippen LogP contribution >= 0.6 is 0 Å². The normalized spacial score (nSPS) is 19.3. The van der Waals surface area contributed by atoms with Gasteiger partial charge in [-0.15, -0.1) is 0 Å². The highest BCUT2D eigenvalue weighted by Crippen LogP contribution is 2.13. The number of piperazine rings is 1. The maximum absolute atomic E-state index is 4.40. The van der Waals surface area contributed by atoms with Gasteiger partial charge in [-0.2, -0.15) is 0 Å². The fourth-order valence-electron chi connectivity index (χ4n) is 2.36. The fraction of sp³-hybridized carbons (Fsp3) is 0.615. The average molecular weight is 234 g/mol. The number of likely N-dealkylation sites (N-methyl/N-ethyl adjacent to an activating group) is 1. The highest BCUT2D eigenvalue weighted by atomic mass is 15.3. The maximum Gasteiger partial charge on any atom is 0.128 e. The van der Waals surface area contributed by atoms with E-state index in [1.54, 1.807) is 0 Å². The van der Waals surface area contributed by atoms with Crippen LogP contribution in [0.4, 0.5) is 5.82 Å². The second kappa shape index (κ2) is 5.98. The minimum Gasteiger partial charge on any atom is -0.354 e. The van der Waals surface area contributed by atoms with E-state index in [1.807, 2.05) is 19.3 Å². The summed E-state index contributed by atoms with van der Waals surface area (Å²) in [5.74, 6) is 1.11. The molecule has 1 unspecified atom stereocenters. The van der Waals surface area contributed by atoms with E-state index < -0.39 is 0 Å². The van der Waals surface area contributed by atoms with Crippen LogP contribution in [0.2, 0.25) is 0 Å². The highest BCUT2D eigenvalue weighted by molar-refractivity contribution is 5.38. The lowest BCUT2D eigenvalue weighted by atomic mass is 10.2. The van der Waals surface area contributed by atoms with Crippen LogP contribution < -0.4 is 10.2 Å². The summed E-state index contributed by atoms with van der Waals surface area (Å²) in [4.78, 5) is 9.31. The van der Waals surface area contributed by atoms with E-state index in [1.165, 1.54) is 0 Å². The molecule has 2 heterocycles. The highest BCUT2D eigenvalue weighted by Gasteiger charge is 2.20. The molecular formula is C13H22N4. The van der Waals surface area contributed by atoms with Gasteiger partial charge in [-0.3, -0.25) is 4.90 Å². The van der Waals surface area contributed by atoms with Crippen LogP contribution in [0.25, 0.3) is 0 Å². The van der Waals surface area contributed by atoms with Crippen molar-refractivity contribution in [2.75, 3.05) is 44.7 Å². The number of nitrogens with zero attached hydrogens (tertiary/aromatic N) is 3. The first kappa shape index (κ1) is 12.3. The van der Waals surface area contributed by atoms with Gasteiger partial charge in [0.1, 0.15) is 5.82 Å². The van der Waals surface area contributed by atoms with E-state index >= 15 is 0 Å². The van der Waals surface area contributed by atoms with Crippen molar-refractivity contribution in [3.63, 3.8) is 0 Å². The summed E-state index contributed by atoms with van der Waals surface area (Å²) in [6.07, 6.45) is 1.87. The molecule has 1 aromatic rings. The Bertz CT molecular complexity index is 319. The number of pyridine rings is 1. The van der Waals surface area contributed by atoms with E-state index in [0.29, 0.717) is 6.04 Å². The zero-order valence-electron chi connectivity index (χ0n) is 10.8. The molecule has 4 heteroatoms. The molecule has 0 radical (unpaired) electrons. The summed E-state index contributed by atoms with van der Waals surface area (Å²) in [6.45, 7) is 7.74. The van der Waals surface area contributed by atoms with Crippen molar-refractivity contribution in [1.29, 1.82) is 0 Å². The van der Waals surface area contributed by atoms with E-state index in [9.17, 15) is 0 Å². The van der Waals surface area contributed by atoms with E-state index in [2.05, 4.69) is 39.2 Å². The molecule has 1 fully saturated rings. The first-order valence-electron chi connectivity index (χ1n) is 6.36. The van der Waals surface area contributed by atoms with Crippen LogP contribution in [0.3, 0.4) is 0 Å². The number of hydrogen-bond donors (Lipinski definition) is 1. The Morgan fingerprint density at radius 2 is 2.06 bits per heavy atom. The Morgan fingerprint density at radius 3 is 2.65 bits per heavy atom. The third kappa shape index (κ3) is 3.17. The lowest BCUT2D eigenvalue weighted by Gasteiger charge is -2.38. The van der Waals surface area contributed by atoms with Gasteiger partial charge >= 0.3 is 0 Å². The molecule has 0 spiro atoms. The molecule has 1 saturated heterocycles. The molecule has 1 N–H and O–H groups in total. The molecule has 0 bridgehead atoms. The molecule has 17 heavy (non-hydrogen) atoms. The van der Waals surface area contributed by atoms with Crippen molar-refractivity contribution in [2.45, 2.75) is 13.0 Å².